The van der Waals surface area contributed by atoms with E-state index in [0.717, 1.165) is 17.7 Å². The average molecular weight is 242 g/mol. The van der Waals surface area contributed by atoms with Crippen LogP contribution in [0.4, 0.5) is 5.69 Å². The quantitative estimate of drug-likeness (QED) is 0.650. The zero-order valence-electron chi connectivity index (χ0n) is 10.4. The molecule has 2 N–H and O–H groups in total. The maximum Gasteiger partial charge on any atom is 0.142 e. The van der Waals surface area contributed by atoms with Crippen molar-refractivity contribution < 1.29 is 4.74 Å². The van der Waals surface area contributed by atoms with Crippen molar-refractivity contribution in [1.82, 2.24) is 0 Å². The van der Waals surface area contributed by atoms with Gasteiger partial charge >= 0.3 is 0 Å². The van der Waals surface area contributed by atoms with Crippen LogP contribution in [0, 0.1) is 5.41 Å². The summed E-state index contributed by atoms with van der Waals surface area (Å²) >= 11 is 6.35. The third-order valence-corrected chi connectivity index (χ3v) is 3.46. The predicted octanol–water partition coefficient (Wildman–Crippen LogP) is 3.47. The van der Waals surface area contributed by atoms with Crippen molar-refractivity contribution in [3.05, 3.63) is 23.8 Å². The fraction of sp³-hybridized carbons (Fsp3) is 0.538. The molecule has 0 radical (unpaired) electrons. The number of benzene rings is 1. The molecular formula is C13H20ClNO. The Hall–Kier alpha value is -0.890. The van der Waals surface area contributed by atoms with E-state index in [1.165, 1.54) is 0 Å². The summed E-state index contributed by atoms with van der Waals surface area (Å²) in [7, 11) is 1.62. The lowest BCUT2D eigenvalue weighted by atomic mass is 9.88. The fourth-order valence-electron chi connectivity index (χ4n) is 1.40. The maximum absolute atomic E-state index is 6.35. The molecule has 0 aromatic heterocycles. The van der Waals surface area contributed by atoms with Crippen LogP contribution in [0.25, 0.3) is 0 Å². The Balaban J connectivity index is 2.82. The van der Waals surface area contributed by atoms with Crippen LogP contribution in [0.15, 0.2) is 18.2 Å². The third-order valence-electron chi connectivity index (χ3n) is 2.65. The van der Waals surface area contributed by atoms with E-state index in [0.29, 0.717) is 5.69 Å². The van der Waals surface area contributed by atoms with Gasteiger partial charge in [-0.1, -0.05) is 26.8 Å². The highest BCUT2D eigenvalue weighted by Gasteiger charge is 2.22. The Bertz CT molecular complexity index is 357. The summed E-state index contributed by atoms with van der Waals surface area (Å²) in [6.07, 6.45) is 0.821. The van der Waals surface area contributed by atoms with E-state index in [-0.39, 0.29) is 10.8 Å². The number of alkyl halides is 1. The minimum Gasteiger partial charge on any atom is -0.495 e. The monoisotopic (exact) mass is 241 g/mol. The first kappa shape index (κ1) is 13.2. The van der Waals surface area contributed by atoms with Crippen LogP contribution in [-0.2, 0) is 6.42 Å². The van der Waals surface area contributed by atoms with Gasteiger partial charge in [-0.3, -0.25) is 0 Å². The third kappa shape index (κ3) is 3.31. The zero-order valence-corrected chi connectivity index (χ0v) is 11.1. The summed E-state index contributed by atoms with van der Waals surface area (Å²) in [5, 5.41) is 0.0980. The van der Waals surface area contributed by atoms with Gasteiger partial charge < -0.3 is 10.5 Å². The minimum absolute atomic E-state index is 0.0934. The lowest BCUT2D eigenvalue weighted by Gasteiger charge is -2.25. The van der Waals surface area contributed by atoms with Gasteiger partial charge in [-0.2, -0.15) is 0 Å². The van der Waals surface area contributed by atoms with Crippen molar-refractivity contribution in [3.8, 4) is 5.75 Å². The molecule has 1 unspecified atom stereocenters. The molecule has 1 aromatic rings. The summed E-state index contributed by atoms with van der Waals surface area (Å²) in [6, 6.07) is 5.82. The van der Waals surface area contributed by atoms with E-state index >= 15 is 0 Å². The van der Waals surface area contributed by atoms with Crippen molar-refractivity contribution in [1.29, 1.82) is 0 Å². The number of methoxy groups -OCH3 is 1. The van der Waals surface area contributed by atoms with E-state index in [1.807, 2.05) is 18.2 Å². The van der Waals surface area contributed by atoms with Crippen LogP contribution in [0.5, 0.6) is 5.75 Å². The van der Waals surface area contributed by atoms with Gasteiger partial charge in [0.05, 0.1) is 12.8 Å². The van der Waals surface area contributed by atoms with Crippen LogP contribution in [0.1, 0.15) is 26.3 Å². The van der Waals surface area contributed by atoms with Crippen molar-refractivity contribution in [2.24, 2.45) is 5.41 Å². The van der Waals surface area contributed by atoms with Gasteiger partial charge in [-0.25, -0.2) is 0 Å². The Morgan fingerprint density at radius 2 is 2.00 bits per heavy atom. The maximum atomic E-state index is 6.35. The predicted molar refractivity (Wildman–Crippen MR) is 70.2 cm³/mol. The molecule has 0 bridgehead atoms. The van der Waals surface area contributed by atoms with Gasteiger partial charge in [-0.15, -0.1) is 11.6 Å². The highest BCUT2D eigenvalue weighted by atomic mass is 35.5. The molecule has 0 aliphatic rings. The molecule has 0 aliphatic carbocycles. The summed E-state index contributed by atoms with van der Waals surface area (Å²) < 4.78 is 5.18. The number of hydrogen-bond donors (Lipinski definition) is 1. The second-order valence-electron chi connectivity index (χ2n) is 5.11. The van der Waals surface area contributed by atoms with Gasteiger partial charge in [0.1, 0.15) is 5.75 Å². The number of rotatable bonds is 3. The first-order chi connectivity index (χ1) is 7.34. The second-order valence-corrected chi connectivity index (χ2v) is 5.64. The standard InChI is InChI=1S/C13H20ClNO/c1-13(2,3)12(14)8-9-5-6-10(15)11(7-9)16-4/h5-7,12H,8,15H2,1-4H3. The van der Waals surface area contributed by atoms with Crippen molar-refractivity contribution in [2.45, 2.75) is 32.6 Å². The molecule has 0 saturated carbocycles. The first-order valence-corrected chi connectivity index (χ1v) is 5.84. The second kappa shape index (κ2) is 4.96. The summed E-state index contributed by atoms with van der Waals surface area (Å²) in [5.41, 5.74) is 7.67. The van der Waals surface area contributed by atoms with E-state index in [9.17, 15) is 0 Å². The van der Waals surface area contributed by atoms with Gasteiger partial charge in [0.2, 0.25) is 0 Å². The number of halogens is 1. The Morgan fingerprint density at radius 1 is 1.38 bits per heavy atom. The van der Waals surface area contributed by atoms with Crippen LogP contribution >= 0.6 is 11.6 Å². The minimum atomic E-state index is 0.0934. The Labute approximate surface area is 103 Å². The molecule has 0 fully saturated rings. The van der Waals surface area contributed by atoms with Crippen LogP contribution in [0.3, 0.4) is 0 Å². The molecule has 2 nitrogen and oxygen atoms in total. The number of hydrogen-bond acceptors (Lipinski definition) is 2. The van der Waals surface area contributed by atoms with Crippen molar-refractivity contribution in [3.63, 3.8) is 0 Å². The topological polar surface area (TPSA) is 35.2 Å². The highest BCUT2D eigenvalue weighted by molar-refractivity contribution is 6.21. The molecule has 0 spiro atoms. The molecule has 16 heavy (non-hydrogen) atoms. The van der Waals surface area contributed by atoms with Gasteiger partial charge in [0.15, 0.2) is 0 Å². The lowest BCUT2D eigenvalue weighted by Crippen LogP contribution is -2.22. The Kier molecular flexibility index (Phi) is 4.09. The summed E-state index contributed by atoms with van der Waals surface area (Å²) in [5.74, 6) is 0.718. The summed E-state index contributed by atoms with van der Waals surface area (Å²) in [6.45, 7) is 6.41. The largest absolute Gasteiger partial charge is 0.495 e. The normalized spacial score (nSPS) is 13.6. The number of ether oxygens (including phenoxy) is 1. The smallest absolute Gasteiger partial charge is 0.142 e. The molecule has 1 atom stereocenters. The molecule has 0 aliphatic heterocycles. The van der Waals surface area contributed by atoms with Crippen molar-refractivity contribution in [2.75, 3.05) is 12.8 Å². The molecular weight excluding hydrogens is 222 g/mol. The van der Waals surface area contributed by atoms with Gasteiger partial charge in [-0.05, 0) is 29.5 Å². The van der Waals surface area contributed by atoms with Gasteiger partial charge in [0, 0.05) is 5.38 Å². The van der Waals surface area contributed by atoms with E-state index < -0.39 is 0 Å². The van der Waals surface area contributed by atoms with Gasteiger partial charge in [0.25, 0.3) is 0 Å². The van der Waals surface area contributed by atoms with Crippen molar-refractivity contribution >= 4 is 17.3 Å². The first-order valence-electron chi connectivity index (χ1n) is 5.41. The fourth-order valence-corrected chi connectivity index (χ4v) is 1.57. The Morgan fingerprint density at radius 3 is 2.50 bits per heavy atom. The molecule has 1 rings (SSSR count). The van der Waals surface area contributed by atoms with Crippen LogP contribution < -0.4 is 10.5 Å². The number of nitrogen functional groups attached to an aromatic ring is 1. The molecule has 0 amide bonds. The van der Waals surface area contributed by atoms with E-state index in [2.05, 4.69) is 20.8 Å². The average Bonchev–Trinajstić information content (AvgIpc) is 2.19. The van der Waals surface area contributed by atoms with Crippen LogP contribution in [-0.4, -0.2) is 12.5 Å². The zero-order chi connectivity index (χ0) is 12.3. The molecule has 90 valence electrons. The molecule has 3 heteroatoms. The lowest BCUT2D eigenvalue weighted by molar-refractivity contribution is 0.385. The number of nitrogens with two attached hydrogens (primary N) is 1. The SMILES string of the molecule is COc1cc(CC(Cl)C(C)(C)C)ccc1N. The number of anilines is 1. The molecule has 0 heterocycles. The molecule has 1 aromatic carbocycles. The van der Waals surface area contributed by atoms with E-state index in [1.54, 1.807) is 7.11 Å². The summed E-state index contributed by atoms with van der Waals surface area (Å²) in [4.78, 5) is 0. The highest BCUT2D eigenvalue weighted by Crippen LogP contribution is 2.29. The van der Waals surface area contributed by atoms with Crippen LogP contribution in [0.2, 0.25) is 0 Å². The van der Waals surface area contributed by atoms with E-state index in [4.69, 9.17) is 22.1 Å². The molecule has 0 saturated heterocycles.